The third kappa shape index (κ3) is 9.64. The molecule has 6 nitrogen and oxygen atoms in total. The van der Waals surface area contributed by atoms with E-state index < -0.39 is 6.04 Å². The second-order valence-corrected chi connectivity index (χ2v) is 11.8. The number of nitrogens with one attached hydrogen (secondary N) is 1. The van der Waals surface area contributed by atoms with E-state index in [1.54, 1.807) is 17.0 Å². The molecule has 1 aliphatic carbocycles. The molecule has 1 aliphatic rings. The first kappa shape index (κ1) is 32.7. The molecule has 1 unspecified atom stereocenters. The van der Waals surface area contributed by atoms with Gasteiger partial charge in [0.25, 0.3) is 0 Å². The molecule has 0 heterocycles. The van der Waals surface area contributed by atoms with Crippen molar-refractivity contribution in [1.29, 1.82) is 0 Å². The van der Waals surface area contributed by atoms with E-state index in [2.05, 4.69) is 5.32 Å². The Morgan fingerprint density at radius 3 is 2.23 bits per heavy atom. The number of halogens is 2. The lowest BCUT2D eigenvalue weighted by Gasteiger charge is -2.33. The molecule has 4 rings (SSSR count). The van der Waals surface area contributed by atoms with Crippen molar-refractivity contribution in [1.82, 2.24) is 10.2 Å². The summed E-state index contributed by atoms with van der Waals surface area (Å²) in [4.78, 5) is 29.8. The normalized spacial score (nSPS) is 14.1. The molecule has 1 fully saturated rings. The number of rotatable bonds is 14. The van der Waals surface area contributed by atoms with Gasteiger partial charge in [-0.3, -0.25) is 9.59 Å². The smallest absolute Gasteiger partial charge is 0.243 e. The lowest BCUT2D eigenvalue weighted by atomic mass is 9.94. The summed E-state index contributed by atoms with van der Waals surface area (Å²) in [6.45, 7) is 5.14. The highest BCUT2D eigenvalue weighted by Gasteiger charge is 2.32. The standard InChI is InChI=1S/C35H42Cl2N2O4/c1-3-42-32-19-16-26(23-33(32)43-4-2)17-20-34(40)39(24-27-15-18-29(36)30(37)21-27)31(22-25-11-7-5-8-12-25)35(41)38-28-13-9-6-10-14-28/h5,7-8,11-12,15-16,18-19,21,23,28,31H,3-4,6,9-10,13-14,17,20,22,24H2,1-2H3,(H,38,41). The van der Waals surface area contributed by atoms with Crippen LogP contribution in [0.1, 0.15) is 69.1 Å². The Kier molecular flexibility index (Phi) is 12.6. The molecule has 0 spiro atoms. The average molecular weight is 626 g/mol. The predicted molar refractivity (Wildman–Crippen MR) is 173 cm³/mol. The maximum atomic E-state index is 14.1. The number of aryl methyl sites for hydroxylation is 1. The zero-order chi connectivity index (χ0) is 30.6. The second-order valence-electron chi connectivity index (χ2n) is 11.0. The fraction of sp³-hybridized carbons (Fsp3) is 0.429. The summed E-state index contributed by atoms with van der Waals surface area (Å²) in [5, 5.41) is 4.14. The molecule has 43 heavy (non-hydrogen) atoms. The number of ether oxygens (including phenoxy) is 2. The van der Waals surface area contributed by atoms with Crippen LogP contribution in [-0.2, 0) is 29.0 Å². The Bertz CT molecular complexity index is 1340. The summed E-state index contributed by atoms with van der Waals surface area (Å²) in [6, 6.07) is 20.4. The van der Waals surface area contributed by atoms with Gasteiger partial charge in [0.05, 0.1) is 23.3 Å². The van der Waals surface area contributed by atoms with Gasteiger partial charge < -0.3 is 19.7 Å². The van der Waals surface area contributed by atoms with Gasteiger partial charge >= 0.3 is 0 Å². The maximum Gasteiger partial charge on any atom is 0.243 e. The average Bonchev–Trinajstić information content (AvgIpc) is 3.01. The molecule has 2 amide bonds. The molecule has 0 radical (unpaired) electrons. The number of carbonyl (C=O) groups is 2. The predicted octanol–water partition coefficient (Wildman–Crippen LogP) is 7.81. The Balaban J connectivity index is 1.62. The summed E-state index contributed by atoms with van der Waals surface area (Å²) in [5.41, 5.74) is 2.76. The van der Waals surface area contributed by atoms with E-state index in [0.29, 0.717) is 47.6 Å². The summed E-state index contributed by atoms with van der Waals surface area (Å²) < 4.78 is 11.5. The minimum atomic E-state index is -0.689. The molecular formula is C35H42Cl2N2O4. The SMILES string of the molecule is CCOc1ccc(CCC(=O)N(Cc2ccc(Cl)c(Cl)c2)C(Cc2ccccc2)C(=O)NC2CCCCC2)cc1OCC. The second kappa shape index (κ2) is 16.6. The topological polar surface area (TPSA) is 67.9 Å². The van der Waals surface area contributed by atoms with Gasteiger partial charge in [-0.05, 0) is 74.1 Å². The van der Waals surface area contributed by atoms with Crippen LogP contribution in [0.25, 0.3) is 0 Å². The van der Waals surface area contributed by atoms with Crippen molar-refractivity contribution in [2.75, 3.05) is 13.2 Å². The molecule has 1 N–H and O–H groups in total. The molecular weight excluding hydrogens is 583 g/mol. The van der Waals surface area contributed by atoms with Crippen molar-refractivity contribution < 1.29 is 19.1 Å². The fourth-order valence-electron chi connectivity index (χ4n) is 5.58. The van der Waals surface area contributed by atoms with E-state index >= 15 is 0 Å². The van der Waals surface area contributed by atoms with E-state index in [0.717, 1.165) is 42.4 Å². The van der Waals surface area contributed by atoms with Crippen molar-refractivity contribution in [3.63, 3.8) is 0 Å². The third-order valence-corrected chi connectivity index (χ3v) is 8.53. The summed E-state index contributed by atoms with van der Waals surface area (Å²) >= 11 is 12.6. The third-order valence-electron chi connectivity index (χ3n) is 7.79. The highest BCUT2D eigenvalue weighted by molar-refractivity contribution is 6.42. The molecule has 0 aliphatic heterocycles. The van der Waals surface area contributed by atoms with Crippen LogP contribution in [0.3, 0.4) is 0 Å². The highest BCUT2D eigenvalue weighted by atomic mass is 35.5. The van der Waals surface area contributed by atoms with E-state index in [-0.39, 0.29) is 30.8 Å². The fourth-order valence-corrected chi connectivity index (χ4v) is 5.90. The van der Waals surface area contributed by atoms with Gasteiger partial charge in [-0.15, -0.1) is 0 Å². The number of carbonyl (C=O) groups excluding carboxylic acids is 2. The number of nitrogens with zero attached hydrogens (tertiary/aromatic N) is 1. The minimum absolute atomic E-state index is 0.113. The zero-order valence-corrected chi connectivity index (χ0v) is 26.6. The zero-order valence-electron chi connectivity index (χ0n) is 25.1. The monoisotopic (exact) mass is 624 g/mol. The maximum absolute atomic E-state index is 14.1. The van der Waals surface area contributed by atoms with Gasteiger partial charge in [-0.25, -0.2) is 0 Å². The summed E-state index contributed by atoms with van der Waals surface area (Å²) in [5.74, 6) is 1.11. The Hall–Kier alpha value is -3.22. The van der Waals surface area contributed by atoms with Gasteiger partial charge in [-0.2, -0.15) is 0 Å². The van der Waals surface area contributed by atoms with Crippen LogP contribution < -0.4 is 14.8 Å². The van der Waals surface area contributed by atoms with Crippen LogP contribution in [0.2, 0.25) is 10.0 Å². The van der Waals surface area contributed by atoms with Crippen LogP contribution in [0, 0.1) is 0 Å². The molecule has 3 aromatic rings. The Labute approximate surface area is 265 Å². The van der Waals surface area contributed by atoms with E-state index in [9.17, 15) is 9.59 Å². The number of benzene rings is 3. The summed E-state index contributed by atoms with van der Waals surface area (Å²) in [7, 11) is 0. The van der Waals surface area contributed by atoms with E-state index in [1.165, 1.54) is 6.42 Å². The molecule has 8 heteroatoms. The first-order chi connectivity index (χ1) is 20.9. The van der Waals surface area contributed by atoms with Gasteiger partial charge in [0.15, 0.2) is 11.5 Å². The van der Waals surface area contributed by atoms with Crippen LogP contribution in [0.4, 0.5) is 0 Å². The lowest BCUT2D eigenvalue weighted by Crippen LogP contribution is -2.52. The molecule has 0 saturated heterocycles. The van der Waals surface area contributed by atoms with Crippen LogP contribution in [0.15, 0.2) is 66.7 Å². The molecule has 230 valence electrons. The highest BCUT2D eigenvalue weighted by Crippen LogP contribution is 2.30. The first-order valence-corrected chi connectivity index (χ1v) is 16.1. The largest absolute Gasteiger partial charge is 0.490 e. The van der Waals surface area contributed by atoms with Crippen molar-refractivity contribution in [2.45, 2.75) is 83.8 Å². The van der Waals surface area contributed by atoms with Crippen molar-refractivity contribution in [3.8, 4) is 11.5 Å². The molecule has 0 aromatic heterocycles. The minimum Gasteiger partial charge on any atom is -0.490 e. The van der Waals surface area contributed by atoms with Crippen molar-refractivity contribution in [3.05, 3.63) is 93.5 Å². The number of hydrogen-bond donors (Lipinski definition) is 1. The number of hydrogen-bond acceptors (Lipinski definition) is 4. The quantitative estimate of drug-likeness (QED) is 0.199. The van der Waals surface area contributed by atoms with E-state index in [4.69, 9.17) is 32.7 Å². The molecule has 0 bridgehead atoms. The van der Waals surface area contributed by atoms with Gasteiger partial charge in [-0.1, -0.05) is 84.9 Å². The van der Waals surface area contributed by atoms with Crippen molar-refractivity contribution >= 4 is 35.0 Å². The van der Waals surface area contributed by atoms with Gasteiger partial charge in [0.2, 0.25) is 11.8 Å². The Morgan fingerprint density at radius 1 is 0.837 bits per heavy atom. The molecule has 3 aromatic carbocycles. The Morgan fingerprint density at radius 2 is 1.53 bits per heavy atom. The van der Waals surface area contributed by atoms with Crippen LogP contribution in [0.5, 0.6) is 11.5 Å². The van der Waals surface area contributed by atoms with Gasteiger partial charge in [0.1, 0.15) is 6.04 Å². The van der Waals surface area contributed by atoms with Crippen LogP contribution >= 0.6 is 23.2 Å². The number of amides is 2. The lowest BCUT2D eigenvalue weighted by molar-refractivity contribution is -0.141. The first-order valence-electron chi connectivity index (χ1n) is 15.3. The molecule has 1 saturated carbocycles. The van der Waals surface area contributed by atoms with Crippen LogP contribution in [-0.4, -0.2) is 42.0 Å². The van der Waals surface area contributed by atoms with Crippen molar-refractivity contribution in [2.24, 2.45) is 0 Å². The summed E-state index contributed by atoms with van der Waals surface area (Å²) in [6.07, 6.45) is 6.45. The van der Waals surface area contributed by atoms with Gasteiger partial charge in [0, 0.05) is 25.4 Å². The van der Waals surface area contributed by atoms with E-state index in [1.807, 2.05) is 68.4 Å². The molecule has 1 atom stereocenters.